The van der Waals surface area contributed by atoms with Gasteiger partial charge in [0.05, 0.1) is 0 Å². The first-order valence-electron chi connectivity index (χ1n) is 8.27. The van der Waals surface area contributed by atoms with Crippen molar-refractivity contribution in [3.63, 3.8) is 0 Å². The van der Waals surface area contributed by atoms with Gasteiger partial charge in [-0.1, -0.05) is 0 Å². The van der Waals surface area contributed by atoms with E-state index in [9.17, 15) is 9.90 Å². The summed E-state index contributed by atoms with van der Waals surface area (Å²) < 4.78 is 5.69. The number of nitrogens with zero attached hydrogens (tertiary/aromatic N) is 1. The molecule has 3 atom stereocenters. The minimum Gasteiger partial charge on any atom is -0.508 e. The highest BCUT2D eigenvalue weighted by Crippen LogP contribution is 2.28. The second-order valence-corrected chi connectivity index (χ2v) is 6.51. The summed E-state index contributed by atoms with van der Waals surface area (Å²) in [5.74, 6) is 2.08. The second kappa shape index (κ2) is 6.17. The molecule has 5 heteroatoms. The predicted octanol–water partition coefficient (Wildman–Crippen LogP) is 2.62. The third-order valence-corrected chi connectivity index (χ3v) is 4.84. The van der Waals surface area contributed by atoms with Gasteiger partial charge in [-0.3, -0.25) is 4.79 Å². The smallest absolute Gasteiger partial charge is 0.251 e. The van der Waals surface area contributed by atoms with Gasteiger partial charge in [0.2, 0.25) is 0 Å². The van der Waals surface area contributed by atoms with Crippen LogP contribution in [0.1, 0.15) is 16.8 Å². The summed E-state index contributed by atoms with van der Waals surface area (Å²) in [6.45, 7) is 3.25. The van der Waals surface area contributed by atoms with Gasteiger partial charge in [-0.25, -0.2) is 0 Å². The van der Waals surface area contributed by atoms with Crippen LogP contribution in [0.5, 0.6) is 17.2 Å². The molecule has 2 saturated heterocycles. The van der Waals surface area contributed by atoms with Crippen molar-refractivity contribution in [3.05, 3.63) is 54.1 Å². The van der Waals surface area contributed by atoms with E-state index in [-0.39, 0.29) is 17.7 Å². The third-order valence-electron chi connectivity index (χ3n) is 4.84. The number of rotatable bonds is 4. The summed E-state index contributed by atoms with van der Waals surface area (Å²) in [7, 11) is 0. The van der Waals surface area contributed by atoms with Crippen molar-refractivity contribution < 1.29 is 14.6 Å². The molecular weight excluding hydrogens is 304 g/mol. The fourth-order valence-corrected chi connectivity index (χ4v) is 3.52. The molecular formula is C19H20N2O3. The lowest BCUT2D eigenvalue weighted by Gasteiger charge is -2.23. The minimum atomic E-state index is -0.0232. The van der Waals surface area contributed by atoms with E-state index in [1.54, 1.807) is 48.5 Å². The Morgan fingerprint density at radius 3 is 2.29 bits per heavy atom. The summed E-state index contributed by atoms with van der Waals surface area (Å²) in [5, 5.41) is 12.4. The molecule has 24 heavy (non-hydrogen) atoms. The van der Waals surface area contributed by atoms with Crippen molar-refractivity contribution >= 4 is 5.91 Å². The molecule has 0 spiro atoms. The number of hydrogen-bond acceptors (Lipinski definition) is 4. The van der Waals surface area contributed by atoms with Crippen LogP contribution in [0.2, 0.25) is 0 Å². The van der Waals surface area contributed by atoms with Crippen LogP contribution in [-0.2, 0) is 0 Å². The van der Waals surface area contributed by atoms with Crippen molar-refractivity contribution in [3.8, 4) is 17.2 Å². The van der Waals surface area contributed by atoms with Gasteiger partial charge in [0.1, 0.15) is 17.2 Å². The monoisotopic (exact) mass is 324 g/mol. The largest absolute Gasteiger partial charge is 0.508 e. The zero-order valence-corrected chi connectivity index (χ0v) is 13.3. The Hall–Kier alpha value is -2.53. The maximum Gasteiger partial charge on any atom is 0.251 e. The van der Waals surface area contributed by atoms with Crippen LogP contribution < -0.4 is 10.1 Å². The van der Waals surface area contributed by atoms with E-state index in [0.717, 1.165) is 13.1 Å². The Kier molecular flexibility index (Phi) is 3.86. The second-order valence-electron chi connectivity index (χ2n) is 6.51. The van der Waals surface area contributed by atoms with E-state index in [2.05, 4.69) is 10.2 Å². The predicted molar refractivity (Wildman–Crippen MR) is 90.4 cm³/mol. The Balaban J connectivity index is 1.38. The van der Waals surface area contributed by atoms with Crippen LogP contribution in [-0.4, -0.2) is 41.6 Å². The first-order chi connectivity index (χ1) is 11.7. The number of ether oxygens (including phenoxy) is 1. The van der Waals surface area contributed by atoms with E-state index < -0.39 is 0 Å². The summed E-state index contributed by atoms with van der Waals surface area (Å²) >= 11 is 0. The number of fused-ring (bicyclic) bond motifs is 2. The van der Waals surface area contributed by atoms with Gasteiger partial charge in [0, 0.05) is 24.7 Å². The molecule has 2 heterocycles. The molecule has 1 amide bonds. The molecule has 5 nitrogen and oxygen atoms in total. The van der Waals surface area contributed by atoms with Crippen molar-refractivity contribution in [1.29, 1.82) is 0 Å². The van der Waals surface area contributed by atoms with Crippen molar-refractivity contribution in [2.45, 2.75) is 12.5 Å². The number of piperidine rings is 1. The molecule has 2 aliphatic heterocycles. The Morgan fingerprint density at radius 1 is 1.04 bits per heavy atom. The highest BCUT2D eigenvalue weighted by molar-refractivity contribution is 5.94. The molecule has 2 aromatic carbocycles. The number of amides is 1. The number of carbonyl (C=O) groups is 1. The molecule has 0 aliphatic carbocycles. The molecule has 2 fully saturated rings. The number of hydrogen-bond donors (Lipinski definition) is 2. The number of aromatic hydroxyl groups is 1. The van der Waals surface area contributed by atoms with E-state index in [1.165, 1.54) is 13.0 Å². The fraction of sp³-hybridized carbons (Fsp3) is 0.316. The standard InChI is InChI=1S/C19H20N2O3/c22-15-3-7-17(8-4-15)24-16-5-1-13(2-6-16)19(23)20-18-12-21-10-9-14(18)11-21/h1-8,14,18,22H,9-12H2,(H,20,23). The molecule has 2 aliphatic rings. The molecule has 3 unspecified atom stereocenters. The lowest BCUT2D eigenvalue weighted by Crippen LogP contribution is -2.43. The molecule has 4 rings (SSSR count). The number of benzene rings is 2. The number of phenolic OH excluding ortho intramolecular Hbond substituents is 1. The van der Waals surface area contributed by atoms with Gasteiger partial charge in [0.15, 0.2) is 0 Å². The Morgan fingerprint density at radius 2 is 1.71 bits per heavy atom. The van der Waals surface area contributed by atoms with Gasteiger partial charge in [-0.2, -0.15) is 0 Å². The first kappa shape index (κ1) is 15.0. The van der Waals surface area contributed by atoms with E-state index >= 15 is 0 Å². The number of nitrogens with one attached hydrogen (secondary N) is 1. The lowest BCUT2D eigenvalue weighted by molar-refractivity contribution is 0.0924. The third kappa shape index (κ3) is 3.08. The summed E-state index contributed by atoms with van der Waals surface area (Å²) in [6.07, 6.45) is 1.18. The fourth-order valence-electron chi connectivity index (χ4n) is 3.52. The van der Waals surface area contributed by atoms with Crippen molar-refractivity contribution in [2.75, 3.05) is 19.6 Å². The van der Waals surface area contributed by atoms with Gasteiger partial charge in [-0.15, -0.1) is 0 Å². The number of carbonyl (C=O) groups excluding carboxylic acids is 1. The topological polar surface area (TPSA) is 61.8 Å². The highest BCUT2D eigenvalue weighted by Gasteiger charge is 2.38. The number of phenols is 1. The molecule has 0 aromatic heterocycles. The Labute approximate surface area is 140 Å². The minimum absolute atomic E-state index is 0.0232. The van der Waals surface area contributed by atoms with Crippen LogP contribution in [0, 0.1) is 5.92 Å². The maximum absolute atomic E-state index is 12.4. The summed E-state index contributed by atoms with van der Waals surface area (Å²) in [6, 6.07) is 13.9. The van der Waals surface area contributed by atoms with E-state index in [1.807, 2.05) is 0 Å². The summed E-state index contributed by atoms with van der Waals surface area (Å²) in [4.78, 5) is 14.8. The van der Waals surface area contributed by atoms with Gasteiger partial charge >= 0.3 is 0 Å². The molecule has 2 N–H and O–H groups in total. The van der Waals surface area contributed by atoms with E-state index in [4.69, 9.17) is 4.74 Å². The highest BCUT2D eigenvalue weighted by atomic mass is 16.5. The molecule has 124 valence electrons. The SMILES string of the molecule is O=C(NC1CN2CCC1C2)c1ccc(Oc2ccc(O)cc2)cc1. The Bertz CT molecular complexity index is 727. The van der Waals surface area contributed by atoms with Crippen LogP contribution in [0.3, 0.4) is 0 Å². The molecule has 0 radical (unpaired) electrons. The van der Waals surface area contributed by atoms with Crippen LogP contribution >= 0.6 is 0 Å². The quantitative estimate of drug-likeness (QED) is 0.907. The van der Waals surface area contributed by atoms with Gasteiger partial charge in [0.25, 0.3) is 5.91 Å². The molecule has 0 saturated carbocycles. The lowest BCUT2D eigenvalue weighted by atomic mass is 9.99. The molecule has 2 bridgehead atoms. The van der Waals surface area contributed by atoms with Gasteiger partial charge < -0.3 is 20.1 Å². The average molecular weight is 324 g/mol. The first-order valence-corrected chi connectivity index (χ1v) is 8.27. The van der Waals surface area contributed by atoms with Crippen LogP contribution in [0.25, 0.3) is 0 Å². The van der Waals surface area contributed by atoms with Crippen LogP contribution in [0.15, 0.2) is 48.5 Å². The van der Waals surface area contributed by atoms with E-state index in [0.29, 0.717) is 23.0 Å². The normalized spacial score (nSPS) is 24.8. The average Bonchev–Trinajstić information content (AvgIpc) is 3.20. The van der Waals surface area contributed by atoms with Gasteiger partial charge in [-0.05, 0) is 67.4 Å². The molecule has 2 aromatic rings. The maximum atomic E-state index is 12.4. The van der Waals surface area contributed by atoms with Crippen LogP contribution in [0.4, 0.5) is 0 Å². The van der Waals surface area contributed by atoms with Crippen molar-refractivity contribution in [1.82, 2.24) is 10.2 Å². The van der Waals surface area contributed by atoms with Crippen molar-refractivity contribution in [2.24, 2.45) is 5.92 Å². The zero-order valence-electron chi connectivity index (χ0n) is 13.3. The summed E-state index contributed by atoms with van der Waals surface area (Å²) in [5.41, 5.74) is 0.644. The zero-order chi connectivity index (χ0) is 16.5.